The number of fused-ring (bicyclic) bond motifs is 1. The molecule has 18 heavy (non-hydrogen) atoms. The average molecular weight is 244 g/mol. The van der Waals surface area contributed by atoms with E-state index in [1.807, 2.05) is 12.4 Å². The molecule has 2 heterocycles. The van der Waals surface area contributed by atoms with Gasteiger partial charge >= 0.3 is 0 Å². The summed E-state index contributed by atoms with van der Waals surface area (Å²) in [4.78, 5) is 4.42. The molecule has 1 aliphatic carbocycles. The second-order valence-corrected chi connectivity index (χ2v) is 5.04. The Labute approximate surface area is 107 Å². The molecule has 4 nitrogen and oxygen atoms in total. The Balaban J connectivity index is 1.85. The summed E-state index contributed by atoms with van der Waals surface area (Å²) in [6.07, 6.45) is 11.8. The predicted molar refractivity (Wildman–Crippen MR) is 71.3 cm³/mol. The highest BCUT2D eigenvalue weighted by Gasteiger charge is 2.19. The molecule has 2 N–H and O–H groups in total. The van der Waals surface area contributed by atoms with Crippen LogP contribution in [0.2, 0.25) is 0 Å². The van der Waals surface area contributed by atoms with Crippen LogP contribution in [0.4, 0.5) is 0 Å². The van der Waals surface area contributed by atoms with Crippen LogP contribution >= 0.6 is 0 Å². The topological polar surface area (TPSA) is 48.8 Å². The minimum atomic E-state index is 0.223. The van der Waals surface area contributed by atoms with E-state index in [1.165, 1.54) is 17.5 Å². The third-order valence-corrected chi connectivity index (χ3v) is 3.82. The van der Waals surface area contributed by atoms with Gasteiger partial charge in [0.15, 0.2) is 0 Å². The Morgan fingerprint density at radius 2 is 2.33 bits per heavy atom. The molecule has 1 aliphatic rings. The van der Waals surface area contributed by atoms with Crippen LogP contribution < -0.4 is 5.73 Å². The minimum Gasteiger partial charge on any atom is -0.346 e. The first-order valence-electron chi connectivity index (χ1n) is 6.72. The molecule has 4 heteroatoms. The van der Waals surface area contributed by atoms with E-state index >= 15 is 0 Å². The number of rotatable bonds is 3. The van der Waals surface area contributed by atoms with E-state index in [9.17, 15) is 0 Å². The number of nitrogens with zero attached hydrogens (tertiary/aromatic N) is 3. The largest absolute Gasteiger partial charge is 0.346 e. The molecule has 0 fully saturated rings. The summed E-state index contributed by atoms with van der Waals surface area (Å²) in [5.41, 5.74) is 8.90. The molecule has 0 aliphatic heterocycles. The summed E-state index contributed by atoms with van der Waals surface area (Å²) in [6, 6.07) is 0.223. The molecule has 0 saturated carbocycles. The van der Waals surface area contributed by atoms with Gasteiger partial charge in [0, 0.05) is 37.4 Å². The van der Waals surface area contributed by atoms with Gasteiger partial charge in [0.1, 0.15) is 5.82 Å². The number of nitrogens with two attached hydrogens (primary N) is 1. The third-order valence-electron chi connectivity index (χ3n) is 3.82. The Bertz CT molecular complexity index is 538. The van der Waals surface area contributed by atoms with E-state index in [2.05, 4.69) is 33.4 Å². The first-order chi connectivity index (χ1) is 8.78. The van der Waals surface area contributed by atoms with E-state index in [0.717, 1.165) is 31.8 Å². The van der Waals surface area contributed by atoms with Gasteiger partial charge in [-0.25, -0.2) is 4.98 Å². The summed E-state index contributed by atoms with van der Waals surface area (Å²) in [6.45, 7) is 3.94. The molecule has 3 rings (SSSR count). The highest BCUT2D eigenvalue weighted by atomic mass is 15.1. The molecular formula is C14H20N4. The fourth-order valence-electron chi connectivity index (χ4n) is 2.82. The molecule has 2 aromatic rings. The Morgan fingerprint density at radius 1 is 1.44 bits per heavy atom. The van der Waals surface area contributed by atoms with E-state index in [0.29, 0.717) is 0 Å². The van der Waals surface area contributed by atoms with E-state index in [4.69, 9.17) is 5.73 Å². The van der Waals surface area contributed by atoms with Gasteiger partial charge in [-0.05, 0) is 37.3 Å². The van der Waals surface area contributed by atoms with Crippen molar-refractivity contribution in [3.05, 3.63) is 41.7 Å². The molecule has 2 aromatic heterocycles. The summed E-state index contributed by atoms with van der Waals surface area (Å²) in [5, 5.41) is 0. The smallest absolute Gasteiger partial charge is 0.128 e. The van der Waals surface area contributed by atoms with E-state index < -0.39 is 0 Å². The number of imidazole rings is 1. The van der Waals surface area contributed by atoms with Crippen LogP contribution in [-0.2, 0) is 19.5 Å². The van der Waals surface area contributed by atoms with Crippen molar-refractivity contribution in [1.29, 1.82) is 0 Å². The maximum atomic E-state index is 6.15. The maximum absolute atomic E-state index is 6.15. The number of hydrogen-bond acceptors (Lipinski definition) is 2. The first-order valence-corrected chi connectivity index (χ1v) is 6.72. The maximum Gasteiger partial charge on any atom is 0.128 e. The van der Waals surface area contributed by atoms with Crippen molar-refractivity contribution < 1.29 is 0 Å². The zero-order valence-corrected chi connectivity index (χ0v) is 10.8. The van der Waals surface area contributed by atoms with Crippen LogP contribution in [0, 0.1) is 0 Å². The van der Waals surface area contributed by atoms with Crippen LogP contribution in [0.25, 0.3) is 0 Å². The fraction of sp³-hybridized carbons (Fsp3) is 0.500. The lowest BCUT2D eigenvalue weighted by molar-refractivity contribution is 0.573. The van der Waals surface area contributed by atoms with E-state index in [-0.39, 0.29) is 6.04 Å². The highest BCUT2D eigenvalue weighted by molar-refractivity contribution is 5.30. The quantitative estimate of drug-likeness (QED) is 0.898. The standard InChI is InChI=1S/C14H20N4/c1-2-18-7-6-16-14(18)10-17-8-11-4-3-5-13(15)12(11)9-17/h6-9,13H,2-5,10,15H2,1H3. The van der Waals surface area contributed by atoms with E-state index in [1.54, 1.807) is 0 Å². The molecule has 0 radical (unpaired) electrons. The van der Waals surface area contributed by atoms with Gasteiger partial charge in [-0.1, -0.05) is 0 Å². The highest BCUT2D eigenvalue weighted by Crippen LogP contribution is 2.28. The van der Waals surface area contributed by atoms with Gasteiger partial charge in [-0.15, -0.1) is 0 Å². The third kappa shape index (κ3) is 1.97. The van der Waals surface area contributed by atoms with Crippen LogP contribution in [0.1, 0.15) is 42.8 Å². The lowest BCUT2D eigenvalue weighted by Crippen LogP contribution is -2.15. The van der Waals surface area contributed by atoms with Crippen molar-refractivity contribution in [3.8, 4) is 0 Å². The van der Waals surface area contributed by atoms with Crippen LogP contribution in [0.15, 0.2) is 24.8 Å². The normalized spacial score (nSPS) is 18.9. The molecule has 1 atom stereocenters. The average Bonchev–Trinajstić information content (AvgIpc) is 2.96. The molecule has 0 aromatic carbocycles. The van der Waals surface area contributed by atoms with Crippen molar-refractivity contribution >= 4 is 0 Å². The number of aromatic nitrogens is 3. The minimum absolute atomic E-state index is 0.223. The molecule has 0 bridgehead atoms. The van der Waals surface area contributed by atoms with Crippen LogP contribution in [0.3, 0.4) is 0 Å². The molecule has 0 amide bonds. The SMILES string of the molecule is CCn1ccnc1Cn1cc2c(c1)C(N)CCC2. The fourth-order valence-corrected chi connectivity index (χ4v) is 2.82. The number of hydrogen-bond donors (Lipinski definition) is 1. The summed E-state index contributed by atoms with van der Waals surface area (Å²) in [5.74, 6) is 1.11. The van der Waals surface area contributed by atoms with Crippen LogP contribution in [-0.4, -0.2) is 14.1 Å². The van der Waals surface area contributed by atoms with Crippen molar-refractivity contribution in [1.82, 2.24) is 14.1 Å². The molecule has 96 valence electrons. The monoisotopic (exact) mass is 244 g/mol. The van der Waals surface area contributed by atoms with Crippen molar-refractivity contribution in [2.45, 2.75) is 45.3 Å². The van der Waals surface area contributed by atoms with Crippen molar-refractivity contribution in [2.75, 3.05) is 0 Å². The lowest BCUT2D eigenvalue weighted by atomic mass is 9.92. The van der Waals surface area contributed by atoms with Gasteiger partial charge < -0.3 is 14.9 Å². The van der Waals surface area contributed by atoms with Crippen molar-refractivity contribution in [2.24, 2.45) is 5.73 Å². The van der Waals surface area contributed by atoms with Gasteiger partial charge in [-0.3, -0.25) is 0 Å². The second kappa shape index (κ2) is 4.61. The Kier molecular flexibility index (Phi) is 2.96. The molecule has 0 saturated heterocycles. The van der Waals surface area contributed by atoms with Crippen molar-refractivity contribution in [3.63, 3.8) is 0 Å². The first kappa shape index (κ1) is 11.5. The zero-order chi connectivity index (χ0) is 12.5. The Hall–Kier alpha value is -1.55. The summed E-state index contributed by atoms with van der Waals surface area (Å²) < 4.78 is 4.41. The predicted octanol–water partition coefficient (Wildman–Crippen LogP) is 2.09. The Morgan fingerprint density at radius 3 is 3.11 bits per heavy atom. The van der Waals surface area contributed by atoms with Gasteiger partial charge in [0.25, 0.3) is 0 Å². The van der Waals surface area contributed by atoms with Crippen LogP contribution in [0.5, 0.6) is 0 Å². The molecule has 0 spiro atoms. The molecular weight excluding hydrogens is 224 g/mol. The summed E-state index contributed by atoms with van der Waals surface area (Å²) >= 11 is 0. The summed E-state index contributed by atoms with van der Waals surface area (Å²) in [7, 11) is 0. The van der Waals surface area contributed by atoms with Gasteiger partial charge in [0.2, 0.25) is 0 Å². The number of aryl methyl sites for hydroxylation is 2. The zero-order valence-electron chi connectivity index (χ0n) is 10.8. The molecule has 1 unspecified atom stereocenters. The van der Waals surface area contributed by atoms with Gasteiger partial charge in [-0.2, -0.15) is 0 Å². The second-order valence-electron chi connectivity index (χ2n) is 5.04. The lowest BCUT2D eigenvalue weighted by Gasteiger charge is -2.17. The van der Waals surface area contributed by atoms with Gasteiger partial charge in [0.05, 0.1) is 6.54 Å².